The lowest BCUT2D eigenvalue weighted by Gasteiger charge is -2.15. The number of rotatable bonds is 1. The van der Waals surface area contributed by atoms with Crippen molar-refractivity contribution in [2.24, 2.45) is 0 Å². The normalized spacial score (nSPS) is 15.8. The molecule has 2 fully saturated rings. The van der Waals surface area contributed by atoms with Crippen LogP contribution >= 0.6 is 11.6 Å². The molecular weight excluding hydrogens is 336 g/mol. The zero-order valence-corrected chi connectivity index (χ0v) is 15.3. The molecule has 0 saturated carbocycles. The van der Waals surface area contributed by atoms with Crippen LogP contribution < -0.4 is 21.7 Å². The largest absolute Gasteiger partial charge is 0.384 e. The Morgan fingerprint density at radius 2 is 1.44 bits per heavy atom. The highest BCUT2D eigenvalue weighted by Crippen LogP contribution is 2.17. The minimum Gasteiger partial charge on any atom is -0.384 e. The second kappa shape index (κ2) is 10.7. The van der Waals surface area contributed by atoms with E-state index in [0.717, 1.165) is 18.9 Å². The van der Waals surface area contributed by atoms with E-state index < -0.39 is 0 Å². The maximum atomic E-state index is 5.59. The Morgan fingerprint density at radius 1 is 0.840 bits per heavy atom. The summed E-state index contributed by atoms with van der Waals surface area (Å²) >= 11 is 5.45. The number of hydrogen-bond acceptors (Lipinski definition) is 6. The Hall–Kier alpha value is -2.05. The number of halogens is 1. The van der Waals surface area contributed by atoms with Crippen molar-refractivity contribution in [1.29, 1.82) is 0 Å². The second-order valence-corrected chi connectivity index (χ2v) is 6.34. The third kappa shape index (κ3) is 7.58. The average molecular weight is 363 g/mol. The van der Waals surface area contributed by atoms with Gasteiger partial charge in [0.25, 0.3) is 0 Å². The van der Waals surface area contributed by atoms with Crippen LogP contribution in [0.4, 0.5) is 17.5 Å². The van der Waals surface area contributed by atoms with Gasteiger partial charge in [-0.15, -0.1) is 0 Å². The lowest BCUT2D eigenvalue weighted by molar-refractivity contribution is 0.857. The number of hydrogen-bond donors (Lipinski definition) is 3. The molecule has 2 aliphatic rings. The monoisotopic (exact) mass is 362 g/mol. The lowest BCUT2D eigenvalue weighted by atomic mass is 10.4. The van der Waals surface area contributed by atoms with Gasteiger partial charge in [0, 0.05) is 13.1 Å². The van der Waals surface area contributed by atoms with Gasteiger partial charge in [0.1, 0.15) is 22.6 Å². The molecule has 4 heterocycles. The molecule has 0 spiro atoms. The molecular formula is C18H27ClN6. The summed E-state index contributed by atoms with van der Waals surface area (Å²) in [4.78, 5) is 10.2. The van der Waals surface area contributed by atoms with Crippen molar-refractivity contribution in [3.8, 4) is 0 Å². The van der Waals surface area contributed by atoms with Crippen LogP contribution in [0, 0.1) is 0 Å². The van der Waals surface area contributed by atoms with Crippen molar-refractivity contribution in [2.45, 2.75) is 25.7 Å². The molecule has 0 atom stereocenters. The first-order chi connectivity index (χ1) is 12.1. The molecule has 136 valence electrons. The van der Waals surface area contributed by atoms with Gasteiger partial charge in [-0.05, 0) is 63.0 Å². The Labute approximate surface area is 154 Å². The highest BCUT2D eigenvalue weighted by molar-refractivity contribution is 6.29. The molecule has 25 heavy (non-hydrogen) atoms. The van der Waals surface area contributed by atoms with Gasteiger partial charge in [0.2, 0.25) is 0 Å². The summed E-state index contributed by atoms with van der Waals surface area (Å²) in [7, 11) is 0. The van der Waals surface area contributed by atoms with Gasteiger partial charge < -0.3 is 21.7 Å². The highest BCUT2D eigenvalue weighted by Gasteiger charge is 2.12. The predicted octanol–water partition coefficient (Wildman–Crippen LogP) is 2.95. The molecule has 6 nitrogen and oxygen atoms in total. The van der Waals surface area contributed by atoms with Gasteiger partial charge in [-0.3, -0.25) is 0 Å². The third-order valence-electron chi connectivity index (χ3n) is 3.88. The topological polar surface area (TPSA) is 93.1 Å². The summed E-state index contributed by atoms with van der Waals surface area (Å²) in [5, 5.41) is 3.66. The Balaban J connectivity index is 0.000000149. The molecule has 7 heteroatoms. The van der Waals surface area contributed by atoms with E-state index in [2.05, 4.69) is 20.2 Å². The SMILES string of the molecule is C1CCNC1.Nc1cccc(Cl)n1.Nc1cccc(N2CCCC2)n1. The van der Waals surface area contributed by atoms with Crippen LogP contribution in [0.15, 0.2) is 36.4 Å². The molecule has 0 aromatic carbocycles. The predicted molar refractivity (Wildman–Crippen MR) is 106 cm³/mol. The van der Waals surface area contributed by atoms with Crippen molar-refractivity contribution in [1.82, 2.24) is 15.3 Å². The van der Waals surface area contributed by atoms with Crippen molar-refractivity contribution in [3.05, 3.63) is 41.6 Å². The van der Waals surface area contributed by atoms with Gasteiger partial charge in [0.15, 0.2) is 0 Å². The van der Waals surface area contributed by atoms with Crippen LogP contribution in [0.25, 0.3) is 0 Å². The Morgan fingerprint density at radius 3 is 1.88 bits per heavy atom. The van der Waals surface area contributed by atoms with E-state index in [9.17, 15) is 0 Å². The van der Waals surface area contributed by atoms with Gasteiger partial charge >= 0.3 is 0 Å². The maximum Gasteiger partial charge on any atom is 0.131 e. The van der Waals surface area contributed by atoms with E-state index >= 15 is 0 Å². The molecule has 0 bridgehead atoms. The average Bonchev–Trinajstić information content (AvgIpc) is 3.32. The number of aromatic nitrogens is 2. The quantitative estimate of drug-likeness (QED) is 0.675. The summed E-state index contributed by atoms with van der Waals surface area (Å²) in [6, 6.07) is 10.9. The molecule has 2 saturated heterocycles. The van der Waals surface area contributed by atoms with E-state index in [1.165, 1.54) is 38.8 Å². The van der Waals surface area contributed by atoms with E-state index in [0.29, 0.717) is 16.8 Å². The summed E-state index contributed by atoms with van der Waals surface area (Å²) in [6.07, 6.45) is 5.33. The maximum absolute atomic E-state index is 5.59. The van der Waals surface area contributed by atoms with Crippen LogP contribution in [0.5, 0.6) is 0 Å². The summed E-state index contributed by atoms with van der Waals surface area (Å²) in [5.41, 5.74) is 10.9. The number of pyridine rings is 2. The minimum atomic E-state index is 0.435. The van der Waals surface area contributed by atoms with E-state index in [1.807, 2.05) is 18.2 Å². The van der Waals surface area contributed by atoms with Crippen LogP contribution in [-0.4, -0.2) is 36.1 Å². The molecule has 5 N–H and O–H groups in total. The van der Waals surface area contributed by atoms with Crippen LogP contribution in [0.1, 0.15) is 25.7 Å². The van der Waals surface area contributed by atoms with Crippen LogP contribution in [-0.2, 0) is 0 Å². The second-order valence-electron chi connectivity index (χ2n) is 5.96. The molecule has 0 amide bonds. The first kappa shape index (κ1) is 19.3. The molecule has 2 aliphatic heterocycles. The standard InChI is InChI=1S/C9H13N3.C5H5ClN2.C4H9N/c10-8-4-3-5-9(11-8)12-6-1-2-7-12;6-4-2-1-3-5(7)8-4;1-2-4-5-3-1/h3-5H,1-2,6-7H2,(H2,10,11);1-3H,(H2,7,8);5H,1-4H2. The molecule has 2 aromatic heterocycles. The fourth-order valence-corrected chi connectivity index (χ4v) is 2.78. The fraction of sp³-hybridized carbons (Fsp3) is 0.444. The number of nitrogens with zero attached hydrogens (tertiary/aromatic N) is 3. The zero-order chi connectivity index (χ0) is 17.9. The Kier molecular flexibility index (Phi) is 8.28. The highest BCUT2D eigenvalue weighted by atomic mass is 35.5. The third-order valence-corrected chi connectivity index (χ3v) is 4.09. The number of nitrogens with two attached hydrogens (primary N) is 2. The number of nitrogens with one attached hydrogen (secondary N) is 1. The summed E-state index contributed by atoms with van der Waals surface area (Å²) < 4.78 is 0. The van der Waals surface area contributed by atoms with Crippen LogP contribution in [0.2, 0.25) is 5.15 Å². The first-order valence-electron chi connectivity index (χ1n) is 8.71. The van der Waals surface area contributed by atoms with Gasteiger partial charge in [-0.2, -0.15) is 0 Å². The Bertz CT molecular complexity index is 602. The summed E-state index contributed by atoms with van der Waals surface area (Å²) in [6.45, 7) is 4.74. The summed E-state index contributed by atoms with van der Waals surface area (Å²) in [5.74, 6) is 2.09. The fourth-order valence-electron chi connectivity index (χ4n) is 2.61. The van der Waals surface area contributed by atoms with Gasteiger partial charge in [0.05, 0.1) is 0 Å². The lowest BCUT2D eigenvalue weighted by Crippen LogP contribution is -2.19. The minimum absolute atomic E-state index is 0.435. The molecule has 0 radical (unpaired) electrons. The molecule has 2 aromatic rings. The van der Waals surface area contributed by atoms with Gasteiger partial charge in [-0.1, -0.05) is 23.7 Å². The molecule has 0 unspecified atom stereocenters. The number of nitrogen functional groups attached to an aromatic ring is 2. The van der Waals surface area contributed by atoms with E-state index in [-0.39, 0.29) is 0 Å². The van der Waals surface area contributed by atoms with Crippen LogP contribution in [0.3, 0.4) is 0 Å². The zero-order valence-electron chi connectivity index (χ0n) is 14.5. The van der Waals surface area contributed by atoms with Crippen molar-refractivity contribution < 1.29 is 0 Å². The number of anilines is 3. The smallest absolute Gasteiger partial charge is 0.131 e. The van der Waals surface area contributed by atoms with Crippen molar-refractivity contribution in [2.75, 3.05) is 42.5 Å². The van der Waals surface area contributed by atoms with Crippen molar-refractivity contribution in [3.63, 3.8) is 0 Å². The molecule has 4 rings (SSSR count). The van der Waals surface area contributed by atoms with Crippen molar-refractivity contribution >= 4 is 29.1 Å². The first-order valence-corrected chi connectivity index (χ1v) is 9.09. The van der Waals surface area contributed by atoms with Gasteiger partial charge in [-0.25, -0.2) is 9.97 Å². The van der Waals surface area contributed by atoms with E-state index in [1.54, 1.807) is 18.2 Å². The van der Waals surface area contributed by atoms with E-state index in [4.69, 9.17) is 23.1 Å². The molecule has 0 aliphatic carbocycles.